The molecule has 2 aromatic carbocycles. The second-order valence-corrected chi connectivity index (χ2v) is 6.30. The van der Waals surface area contributed by atoms with Crippen molar-refractivity contribution in [3.63, 3.8) is 0 Å². The summed E-state index contributed by atoms with van der Waals surface area (Å²) >= 11 is 0. The van der Waals surface area contributed by atoms with Crippen LogP contribution in [0.2, 0.25) is 0 Å². The van der Waals surface area contributed by atoms with Crippen LogP contribution in [-0.4, -0.2) is 28.1 Å². The first-order chi connectivity index (χ1) is 11.1. The Bertz CT molecular complexity index is 824. The fourth-order valence-electron chi connectivity index (χ4n) is 3.33. The van der Waals surface area contributed by atoms with Crippen molar-refractivity contribution in [2.45, 2.75) is 18.4 Å². The van der Waals surface area contributed by atoms with Crippen LogP contribution in [0.3, 0.4) is 0 Å². The maximum atomic E-state index is 12.3. The van der Waals surface area contributed by atoms with E-state index in [1.807, 2.05) is 54.6 Å². The fraction of sp³-hybridized carbons (Fsp3) is 0.211. The summed E-state index contributed by atoms with van der Waals surface area (Å²) in [6.45, 7) is 0.246. The molecule has 1 aromatic heterocycles. The molecule has 116 valence electrons. The third kappa shape index (κ3) is 2.62. The highest BCUT2D eigenvalue weighted by atomic mass is 16.3. The third-order valence-corrected chi connectivity index (χ3v) is 4.51. The number of carbonyl (C=O) groups excluding carboxylic acids is 1. The second-order valence-electron chi connectivity index (χ2n) is 6.30. The van der Waals surface area contributed by atoms with E-state index in [9.17, 15) is 9.90 Å². The maximum absolute atomic E-state index is 12.3. The van der Waals surface area contributed by atoms with Gasteiger partial charge in [0.25, 0.3) is 5.91 Å². The minimum Gasteiger partial charge on any atom is -0.387 e. The summed E-state index contributed by atoms with van der Waals surface area (Å²) in [4.78, 5) is 15.4. The van der Waals surface area contributed by atoms with Crippen molar-refractivity contribution in [3.8, 4) is 0 Å². The number of benzene rings is 2. The van der Waals surface area contributed by atoms with E-state index in [1.165, 1.54) is 0 Å². The van der Waals surface area contributed by atoms with Gasteiger partial charge in [0.15, 0.2) is 0 Å². The molecule has 0 saturated carbocycles. The number of aliphatic hydroxyl groups is 1. The molecule has 4 nitrogen and oxygen atoms in total. The molecule has 0 aliphatic heterocycles. The molecule has 23 heavy (non-hydrogen) atoms. The van der Waals surface area contributed by atoms with Gasteiger partial charge >= 0.3 is 0 Å². The second kappa shape index (κ2) is 5.25. The Hall–Kier alpha value is -2.59. The minimum atomic E-state index is -0.897. The number of fused-ring (bicyclic) bond motifs is 2. The quantitative estimate of drug-likeness (QED) is 0.696. The maximum Gasteiger partial charge on any atom is 0.267 e. The lowest BCUT2D eigenvalue weighted by Crippen LogP contribution is -2.43. The lowest BCUT2D eigenvalue weighted by Gasteiger charge is -2.22. The first kappa shape index (κ1) is 14.0. The molecule has 0 atom stereocenters. The van der Waals surface area contributed by atoms with Crippen LogP contribution < -0.4 is 5.32 Å². The van der Waals surface area contributed by atoms with Gasteiger partial charge in [0.2, 0.25) is 0 Å². The van der Waals surface area contributed by atoms with E-state index < -0.39 is 5.60 Å². The van der Waals surface area contributed by atoms with E-state index >= 15 is 0 Å². The number of nitrogens with one attached hydrogen (secondary N) is 2. The van der Waals surface area contributed by atoms with Crippen LogP contribution in [0.1, 0.15) is 21.6 Å². The number of carbonyl (C=O) groups is 1. The SMILES string of the molecule is O=C(NCC1(O)Cc2ccccc2C1)c1cc2ccccc2[nH]1. The van der Waals surface area contributed by atoms with Gasteiger partial charge in [-0.2, -0.15) is 0 Å². The molecule has 0 spiro atoms. The highest BCUT2D eigenvalue weighted by molar-refractivity contribution is 5.98. The van der Waals surface area contributed by atoms with Crippen LogP contribution in [0.5, 0.6) is 0 Å². The molecule has 1 aliphatic rings. The van der Waals surface area contributed by atoms with E-state index in [-0.39, 0.29) is 12.5 Å². The molecule has 1 aliphatic carbocycles. The Balaban J connectivity index is 1.46. The van der Waals surface area contributed by atoms with Gasteiger partial charge in [-0.15, -0.1) is 0 Å². The normalized spacial score (nSPS) is 15.5. The van der Waals surface area contributed by atoms with Crippen molar-refractivity contribution >= 4 is 16.8 Å². The Labute approximate surface area is 134 Å². The number of amides is 1. The molecule has 1 heterocycles. The summed E-state index contributed by atoms with van der Waals surface area (Å²) in [6.07, 6.45) is 1.16. The van der Waals surface area contributed by atoms with E-state index in [0.717, 1.165) is 22.0 Å². The van der Waals surface area contributed by atoms with Crippen LogP contribution >= 0.6 is 0 Å². The van der Waals surface area contributed by atoms with Gasteiger partial charge in [0.05, 0.1) is 5.60 Å². The van der Waals surface area contributed by atoms with Gasteiger partial charge in [0.1, 0.15) is 5.69 Å². The van der Waals surface area contributed by atoms with Crippen molar-refractivity contribution in [2.75, 3.05) is 6.54 Å². The van der Waals surface area contributed by atoms with E-state index in [1.54, 1.807) is 0 Å². The molecule has 0 fully saturated rings. The van der Waals surface area contributed by atoms with Gasteiger partial charge in [-0.3, -0.25) is 4.79 Å². The van der Waals surface area contributed by atoms with Crippen LogP contribution in [0.25, 0.3) is 10.9 Å². The van der Waals surface area contributed by atoms with Crippen LogP contribution in [0.15, 0.2) is 54.6 Å². The highest BCUT2D eigenvalue weighted by Crippen LogP contribution is 2.29. The Kier molecular flexibility index (Phi) is 3.20. The smallest absolute Gasteiger partial charge is 0.267 e. The average Bonchev–Trinajstić information content (AvgIpc) is 3.12. The van der Waals surface area contributed by atoms with Gasteiger partial charge in [0, 0.05) is 30.3 Å². The summed E-state index contributed by atoms with van der Waals surface area (Å²) in [7, 11) is 0. The molecule has 4 heteroatoms. The molecule has 0 saturated heterocycles. The zero-order valence-electron chi connectivity index (χ0n) is 12.7. The number of H-pyrrole nitrogens is 1. The topological polar surface area (TPSA) is 65.1 Å². The van der Waals surface area contributed by atoms with Gasteiger partial charge in [-0.05, 0) is 23.3 Å². The average molecular weight is 306 g/mol. The lowest BCUT2D eigenvalue weighted by molar-refractivity contribution is 0.0479. The molecule has 0 bridgehead atoms. The van der Waals surface area contributed by atoms with Crippen molar-refractivity contribution in [3.05, 3.63) is 71.4 Å². The Morgan fingerprint density at radius 1 is 1.09 bits per heavy atom. The number of hydrogen-bond acceptors (Lipinski definition) is 2. The minimum absolute atomic E-state index is 0.189. The first-order valence-electron chi connectivity index (χ1n) is 7.78. The molecular weight excluding hydrogens is 288 g/mol. The largest absolute Gasteiger partial charge is 0.387 e. The van der Waals surface area contributed by atoms with Crippen LogP contribution in [0.4, 0.5) is 0 Å². The Morgan fingerprint density at radius 2 is 1.74 bits per heavy atom. The number of aromatic amines is 1. The predicted molar refractivity (Wildman–Crippen MR) is 89.4 cm³/mol. The van der Waals surface area contributed by atoms with Crippen LogP contribution in [0, 0.1) is 0 Å². The summed E-state index contributed by atoms with van der Waals surface area (Å²) in [5, 5.41) is 14.6. The van der Waals surface area contributed by atoms with Gasteiger partial charge < -0.3 is 15.4 Å². The summed E-state index contributed by atoms with van der Waals surface area (Å²) < 4.78 is 0. The van der Waals surface area contributed by atoms with Crippen LogP contribution in [-0.2, 0) is 12.8 Å². The van der Waals surface area contributed by atoms with E-state index in [4.69, 9.17) is 0 Å². The zero-order chi connectivity index (χ0) is 15.9. The molecule has 3 N–H and O–H groups in total. The number of hydrogen-bond donors (Lipinski definition) is 3. The standard InChI is InChI=1S/C19H18N2O2/c22-18(17-9-13-5-3-4-8-16(13)21-17)20-12-19(23)10-14-6-1-2-7-15(14)11-19/h1-9,21,23H,10-12H2,(H,20,22). The summed E-state index contributed by atoms with van der Waals surface area (Å²) in [5.41, 5.74) is 2.88. The van der Waals surface area contributed by atoms with E-state index in [0.29, 0.717) is 18.5 Å². The lowest BCUT2D eigenvalue weighted by atomic mass is 10.0. The summed E-state index contributed by atoms with van der Waals surface area (Å²) in [6, 6.07) is 17.6. The van der Waals surface area contributed by atoms with Gasteiger partial charge in [-0.1, -0.05) is 42.5 Å². The third-order valence-electron chi connectivity index (χ3n) is 4.51. The molecule has 1 amide bonds. The molecule has 3 aromatic rings. The first-order valence-corrected chi connectivity index (χ1v) is 7.78. The monoisotopic (exact) mass is 306 g/mol. The predicted octanol–water partition coefficient (Wildman–Crippen LogP) is 2.43. The number of rotatable bonds is 3. The molecular formula is C19H18N2O2. The fourth-order valence-corrected chi connectivity index (χ4v) is 3.33. The van der Waals surface area contributed by atoms with E-state index in [2.05, 4.69) is 10.3 Å². The van der Waals surface area contributed by atoms with Gasteiger partial charge in [-0.25, -0.2) is 0 Å². The highest BCUT2D eigenvalue weighted by Gasteiger charge is 2.35. The van der Waals surface area contributed by atoms with Crippen molar-refractivity contribution < 1.29 is 9.90 Å². The Morgan fingerprint density at radius 3 is 2.43 bits per heavy atom. The molecule has 0 radical (unpaired) electrons. The number of para-hydroxylation sites is 1. The van der Waals surface area contributed by atoms with Crippen molar-refractivity contribution in [1.29, 1.82) is 0 Å². The summed E-state index contributed by atoms with van der Waals surface area (Å²) in [5.74, 6) is -0.189. The molecule has 0 unspecified atom stereocenters. The number of aromatic nitrogens is 1. The molecule has 4 rings (SSSR count). The zero-order valence-corrected chi connectivity index (χ0v) is 12.7. The van der Waals surface area contributed by atoms with Crippen molar-refractivity contribution in [1.82, 2.24) is 10.3 Å². The van der Waals surface area contributed by atoms with Crippen molar-refractivity contribution in [2.24, 2.45) is 0 Å².